The van der Waals surface area contributed by atoms with Crippen LogP contribution in [0.2, 0.25) is 0 Å². The third-order valence-electron chi connectivity index (χ3n) is 5.01. The summed E-state index contributed by atoms with van der Waals surface area (Å²) in [4.78, 5) is 22.1. The third-order valence-corrected chi connectivity index (χ3v) is 5.01. The number of aromatic nitrogens is 1. The Balaban J connectivity index is 0.00000320. The van der Waals surface area contributed by atoms with Gasteiger partial charge in [0.25, 0.3) is 0 Å². The Bertz CT molecular complexity index is 814. The molecule has 162 valence electrons. The number of ether oxygens (including phenoxy) is 1. The average Bonchev–Trinajstić information content (AvgIpc) is 2.74. The molecule has 1 atom stereocenters. The summed E-state index contributed by atoms with van der Waals surface area (Å²) in [6.45, 7) is 2.87. The Morgan fingerprint density at radius 2 is 2.10 bits per heavy atom. The molecule has 1 aromatic carbocycles. The maximum atomic E-state index is 11.2. The number of guanidine groups is 1. The number of hydrogen-bond donors (Lipinski definition) is 2. The minimum absolute atomic E-state index is 0. The smallest absolute Gasteiger partial charge is 0.217 e. The molecule has 7 nitrogen and oxygen atoms in total. The van der Waals surface area contributed by atoms with Crippen LogP contribution in [0.3, 0.4) is 0 Å². The topological polar surface area (TPSA) is 92.8 Å². The molecule has 3 rings (SSSR count). The Morgan fingerprint density at radius 1 is 1.30 bits per heavy atom. The monoisotopic (exact) mass is 523 g/mol. The lowest BCUT2D eigenvalue weighted by molar-refractivity contribution is -0.119. The molecule has 0 saturated carbocycles. The van der Waals surface area contributed by atoms with E-state index in [9.17, 15) is 4.79 Å². The fraction of sp³-hybridized carbons (Fsp3) is 0.409. The first-order valence-corrected chi connectivity index (χ1v) is 9.99. The van der Waals surface area contributed by atoms with Crippen LogP contribution in [-0.2, 0) is 17.9 Å². The zero-order chi connectivity index (χ0) is 20.5. The van der Waals surface area contributed by atoms with Crippen molar-refractivity contribution >= 4 is 35.8 Å². The molecule has 1 unspecified atom stereocenters. The van der Waals surface area contributed by atoms with Crippen molar-refractivity contribution in [3.05, 3.63) is 59.9 Å². The van der Waals surface area contributed by atoms with Crippen molar-refractivity contribution in [1.82, 2.24) is 15.2 Å². The summed E-state index contributed by atoms with van der Waals surface area (Å²) in [5.74, 6) is 1.74. The lowest BCUT2D eigenvalue weighted by atomic mass is 9.95. The van der Waals surface area contributed by atoms with Gasteiger partial charge in [0.1, 0.15) is 12.4 Å². The predicted molar refractivity (Wildman–Crippen MR) is 129 cm³/mol. The number of benzene rings is 1. The van der Waals surface area contributed by atoms with E-state index in [4.69, 9.17) is 10.5 Å². The Kier molecular flexibility index (Phi) is 9.85. The molecule has 3 N–H and O–H groups in total. The molecule has 2 aromatic rings. The molecule has 1 fully saturated rings. The van der Waals surface area contributed by atoms with E-state index in [1.165, 1.54) is 0 Å². The molecule has 2 heterocycles. The second-order valence-corrected chi connectivity index (χ2v) is 7.28. The summed E-state index contributed by atoms with van der Waals surface area (Å²) >= 11 is 0. The van der Waals surface area contributed by atoms with Gasteiger partial charge in [-0.2, -0.15) is 0 Å². The number of primary amides is 1. The van der Waals surface area contributed by atoms with Crippen LogP contribution in [-0.4, -0.2) is 41.9 Å². The van der Waals surface area contributed by atoms with Gasteiger partial charge in [-0.15, -0.1) is 24.0 Å². The van der Waals surface area contributed by atoms with Crippen LogP contribution in [0, 0.1) is 5.92 Å². The van der Waals surface area contributed by atoms with Gasteiger partial charge in [-0.05, 0) is 48.6 Å². The minimum Gasteiger partial charge on any atom is -0.487 e. The number of halogens is 1. The number of aliphatic imine (C=N–C) groups is 1. The van der Waals surface area contributed by atoms with Gasteiger partial charge < -0.3 is 20.7 Å². The van der Waals surface area contributed by atoms with Crippen molar-refractivity contribution < 1.29 is 9.53 Å². The number of nitrogens with one attached hydrogen (secondary N) is 1. The van der Waals surface area contributed by atoms with Crippen LogP contribution >= 0.6 is 24.0 Å². The molecule has 0 radical (unpaired) electrons. The van der Waals surface area contributed by atoms with Crippen molar-refractivity contribution in [1.29, 1.82) is 0 Å². The maximum Gasteiger partial charge on any atom is 0.217 e. The van der Waals surface area contributed by atoms with Gasteiger partial charge in [-0.3, -0.25) is 14.8 Å². The standard InChI is InChI=1S/C22H29N5O2.HI/c1-24-22(27-12-4-5-18(15-27)13-21(23)28)26-14-17-7-9-20(10-8-17)29-16-19-6-2-3-11-25-19;/h2-3,6-11,18H,4-5,12-16H2,1H3,(H2,23,28)(H,24,26);1H. The number of carbonyl (C=O) groups is 1. The van der Waals surface area contributed by atoms with Crippen LogP contribution in [0.15, 0.2) is 53.7 Å². The van der Waals surface area contributed by atoms with Crippen molar-refractivity contribution in [3.8, 4) is 5.75 Å². The van der Waals surface area contributed by atoms with Gasteiger partial charge in [0.2, 0.25) is 5.91 Å². The van der Waals surface area contributed by atoms with Crippen molar-refractivity contribution in [2.45, 2.75) is 32.4 Å². The fourth-order valence-corrected chi connectivity index (χ4v) is 3.57. The number of nitrogens with zero attached hydrogens (tertiary/aromatic N) is 3. The second-order valence-electron chi connectivity index (χ2n) is 7.28. The van der Waals surface area contributed by atoms with Gasteiger partial charge in [0.15, 0.2) is 5.96 Å². The van der Waals surface area contributed by atoms with Gasteiger partial charge in [0.05, 0.1) is 5.69 Å². The number of carbonyl (C=O) groups excluding carboxylic acids is 1. The number of piperidine rings is 1. The average molecular weight is 523 g/mol. The molecule has 1 aromatic heterocycles. The highest BCUT2D eigenvalue weighted by molar-refractivity contribution is 14.0. The van der Waals surface area contributed by atoms with E-state index in [1.54, 1.807) is 13.2 Å². The Labute approximate surface area is 195 Å². The van der Waals surface area contributed by atoms with Gasteiger partial charge in [0, 0.05) is 39.3 Å². The van der Waals surface area contributed by atoms with Gasteiger partial charge in [-0.1, -0.05) is 18.2 Å². The molecular weight excluding hydrogens is 493 g/mol. The fourth-order valence-electron chi connectivity index (χ4n) is 3.57. The van der Waals surface area contributed by atoms with E-state index in [-0.39, 0.29) is 29.9 Å². The van der Waals surface area contributed by atoms with Crippen LogP contribution < -0.4 is 15.8 Å². The number of pyridine rings is 1. The molecule has 1 aliphatic heterocycles. The van der Waals surface area contributed by atoms with E-state index >= 15 is 0 Å². The number of nitrogens with two attached hydrogens (primary N) is 1. The van der Waals surface area contributed by atoms with E-state index in [0.29, 0.717) is 25.5 Å². The van der Waals surface area contributed by atoms with Crippen molar-refractivity contribution in [2.75, 3.05) is 20.1 Å². The summed E-state index contributed by atoms with van der Waals surface area (Å²) in [6.07, 6.45) is 4.28. The SMILES string of the molecule is CN=C(NCc1ccc(OCc2ccccn2)cc1)N1CCCC(CC(N)=O)C1.I. The summed E-state index contributed by atoms with van der Waals surface area (Å²) in [6, 6.07) is 13.8. The van der Waals surface area contributed by atoms with E-state index in [0.717, 1.165) is 48.9 Å². The molecule has 0 bridgehead atoms. The van der Waals surface area contributed by atoms with E-state index in [1.807, 2.05) is 42.5 Å². The maximum absolute atomic E-state index is 11.2. The highest BCUT2D eigenvalue weighted by atomic mass is 127. The zero-order valence-electron chi connectivity index (χ0n) is 17.3. The predicted octanol–water partition coefficient (Wildman–Crippen LogP) is 2.94. The first-order chi connectivity index (χ1) is 14.1. The lowest BCUT2D eigenvalue weighted by Crippen LogP contribution is -2.46. The molecule has 1 saturated heterocycles. The van der Waals surface area contributed by atoms with Crippen LogP contribution in [0.5, 0.6) is 5.75 Å². The molecule has 30 heavy (non-hydrogen) atoms. The highest BCUT2D eigenvalue weighted by Crippen LogP contribution is 2.19. The molecule has 0 aliphatic carbocycles. The lowest BCUT2D eigenvalue weighted by Gasteiger charge is -2.34. The Morgan fingerprint density at radius 3 is 2.77 bits per heavy atom. The molecule has 8 heteroatoms. The van der Waals surface area contributed by atoms with E-state index < -0.39 is 0 Å². The minimum atomic E-state index is -0.231. The number of rotatable bonds is 7. The summed E-state index contributed by atoms with van der Waals surface area (Å²) in [5, 5.41) is 3.42. The summed E-state index contributed by atoms with van der Waals surface area (Å²) < 4.78 is 5.78. The number of likely N-dealkylation sites (tertiary alicyclic amines) is 1. The van der Waals surface area contributed by atoms with Gasteiger partial charge >= 0.3 is 0 Å². The first-order valence-electron chi connectivity index (χ1n) is 9.99. The van der Waals surface area contributed by atoms with Gasteiger partial charge in [-0.25, -0.2) is 0 Å². The summed E-state index contributed by atoms with van der Waals surface area (Å²) in [7, 11) is 1.79. The molecule has 1 amide bonds. The van der Waals surface area contributed by atoms with Crippen LogP contribution in [0.1, 0.15) is 30.5 Å². The van der Waals surface area contributed by atoms with E-state index in [2.05, 4.69) is 20.2 Å². The molecule has 0 spiro atoms. The normalized spacial score (nSPS) is 16.5. The van der Waals surface area contributed by atoms with Crippen LogP contribution in [0.4, 0.5) is 0 Å². The third kappa shape index (κ3) is 7.47. The highest BCUT2D eigenvalue weighted by Gasteiger charge is 2.23. The summed E-state index contributed by atoms with van der Waals surface area (Å²) in [5.41, 5.74) is 7.40. The second kappa shape index (κ2) is 12.4. The Hall–Kier alpha value is -2.36. The van der Waals surface area contributed by atoms with Crippen molar-refractivity contribution in [2.24, 2.45) is 16.6 Å². The quantitative estimate of drug-likeness (QED) is 0.331. The van der Waals surface area contributed by atoms with Crippen LogP contribution in [0.25, 0.3) is 0 Å². The van der Waals surface area contributed by atoms with Crippen molar-refractivity contribution in [3.63, 3.8) is 0 Å². The first kappa shape index (κ1) is 23.9. The number of hydrogen-bond acceptors (Lipinski definition) is 4. The molecular formula is C22H30IN5O2. The molecule has 1 aliphatic rings. The largest absolute Gasteiger partial charge is 0.487 e. The number of amides is 1. The zero-order valence-corrected chi connectivity index (χ0v) is 19.6.